The summed E-state index contributed by atoms with van der Waals surface area (Å²) in [5.41, 5.74) is 1.97. The van der Waals surface area contributed by atoms with Crippen LogP contribution in [-0.4, -0.2) is 18.2 Å². The van der Waals surface area contributed by atoms with E-state index in [4.69, 9.17) is 18.4 Å². The normalized spacial score (nSPS) is 10.8. The third-order valence-electron chi connectivity index (χ3n) is 3.89. The van der Waals surface area contributed by atoms with Crippen molar-refractivity contribution in [2.45, 2.75) is 6.61 Å². The molecule has 0 aliphatic carbocycles. The Balaban J connectivity index is 1.44. The van der Waals surface area contributed by atoms with Crippen molar-refractivity contribution < 1.29 is 23.2 Å². The lowest BCUT2D eigenvalue weighted by Crippen LogP contribution is -2.03. The number of carbonyl (C=O) groups is 1. The van der Waals surface area contributed by atoms with E-state index < -0.39 is 5.97 Å². The van der Waals surface area contributed by atoms with Gasteiger partial charge in [-0.05, 0) is 24.3 Å². The van der Waals surface area contributed by atoms with Gasteiger partial charge in [0.05, 0.1) is 7.11 Å². The van der Waals surface area contributed by atoms with Gasteiger partial charge in [0, 0.05) is 17.0 Å². The van der Waals surface area contributed by atoms with E-state index in [0.29, 0.717) is 17.0 Å². The van der Waals surface area contributed by atoms with Gasteiger partial charge in [-0.3, -0.25) is 0 Å². The Morgan fingerprint density at radius 3 is 2.81 bits per heavy atom. The molecule has 26 heavy (non-hydrogen) atoms. The number of fused-ring (bicyclic) bond motifs is 1. The number of methoxy groups -OCH3 is 1. The number of esters is 1. The first-order valence-electron chi connectivity index (χ1n) is 7.98. The summed E-state index contributed by atoms with van der Waals surface area (Å²) in [6.45, 7) is -0.0106. The van der Waals surface area contributed by atoms with Gasteiger partial charge in [-0.1, -0.05) is 35.5 Å². The van der Waals surface area contributed by atoms with Crippen molar-refractivity contribution >= 4 is 16.9 Å². The molecule has 0 amide bonds. The molecule has 0 N–H and O–H groups in total. The Bertz CT molecular complexity index is 1030. The molecule has 2 aromatic carbocycles. The molecule has 0 radical (unpaired) electrons. The molecule has 0 spiro atoms. The number of hydrogen-bond acceptors (Lipinski definition) is 6. The summed E-state index contributed by atoms with van der Waals surface area (Å²) in [4.78, 5) is 12.2. The Labute approximate surface area is 148 Å². The van der Waals surface area contributed by atoms with Crippen molar-refractivity contribution in [3.63, 3.8) is 0 Å². The number of para-hydroxylation sites is 1. The Morgan fingerprint density at radius 2 is 1.96 bits per heavy atom. The summed E-state index contributed by atoms with van der Waals surface area (Å²) in [5, 5.41) is 4.78. The van der Waals surface area contributed by atoms with E-state index >= 15 is 0 Å². The zero-order valence-corrected chi connectivity index (χ0v) is 14.0. The second-order valence-corrected chi connectivity index (χ2v) is 5.64. The minimum absolute atomic E-state index is 0.0106. The van der Waals surface area contributed by atoms with Crippen LogP contribution in [0.5, 0.6) is 5.75 Å². The van der Waals surface area contributed by atoms with Crippen molar-refractivity contribution in [2.24, 2.45) is 0 Å². The first-order chi connectivity index (χ1) is 12.7. The first-order valence-corrected chi connectivity index (χ1v) is 7.98. The molecule has 2 aromatic heterocycles. The molecule has 4 rings (SSSR count). The number of hydrogen-bond donors (Lipinski definition) is 0. The predicted molar refractivity (Wildman–Crippen MR) is 93.8 cm³/mol. The largest absolute Gasteiger partial charge is 0.497 e. The van der Waals surface area contributed by atoms with E-state index in [9.17, 15) is 4.79 Å². The van der Waals surface area contributed by atoms with Gasteiger partial charge in [0.1, 0.15) is 23.6 Å². The number of furan rings is 1. The second-order valence-electron chi connectivity index (χ2n) is 5.64. The molecule has 6 nitrogen and oxygen atoms in total. The molecule has 2 heterocycles. The van der Waals surface area contributed by atoms with Gasteiger partial charge >= 0.3 is 5.97 Å². The van der Waals surface area contributed by atoms with E-state index in [1.807, 2.05) is 42.5 Å². The number of rotatable bonds is 5. The third-order valence-corrected chi connectivity index (χ3v) is 3.89. The van der Waals surface area contributed by atoms with Gasteiger partial charge in [0.25, 0.3) is 0 Å². The lowest BCUT2D eigenvalue weighted by atomic mass is 10.1. The standard InChI is InChI=1S/C20H15NO5/c1-23-16-7-4-6-13(9-16)18-11-15(21-26-18)12-24-20(22)19-10-14-5-2-3-8-17(14)25-19/h2-11H,12H2,1H3. The average Bonchev–Trinajstić information content (AvgIpc) is 3.33. The summed E-state index contributed by atoms with van der Waals surface area (Å²) < 4.78 is 21.3. The monoisotopic (exact) mass is 349 g/mol. The molecule has 0 aliphatic heterocycles. The van der Waals surface area contributed by atoms with Crippen LogP contribution in [0.25, 0.3) is 22.3 Å². The Hall–Kier alpha value is -3.54. The number of aromatic nitrogens is 1. The van der Waals surface area contributed by atoms with Crippen molar-refractivity contribution in [1.29, 1.82) is 0 Å². The van der Waals surface area contributed by atoms with Crippen molar-refractivity contribution in [2.75, 3.05) is 7.11 Å². The highest BCUT2D eigenvalue weighted by molar-refractivity contribution is 5.92. The van der Waals surface area contributed by atoms with Gasteiger partial charge in [-0.15, -0.1) is 0 Å². The zero-order chi connectivity index (χ0) is 17.9. The van der Waals surface area contributed by atoms with Crippen molar-refractivity contribution in [3.05, 3.63) is 72.1 Å². The molecule has 0 saturated heterocycles. The summed E-state index contributed by atoms with van der Waals surface area (Å²) >= 11 is 0. The fourth-order valence-corrected chi connectivity index (χ4v) is 2.59. The number of carbonyl (C=O) groups excluding carboxylic acids is 1. The van der Waals surface area contributed by atoms with Crippen LogP contribution in [0.4, 0.5) is 0 Å². The molecule has 0 fully saturated rings. The summed E-state index contributed by atoms with van der Waals surface area (Å²) in [5.74, 6) is 0.894. The van der Waals surface area contributed by atoms with E-state index in [-0.39, 0.29) is 12.4 Å². The molecule has 0 aliphatic rings. The minimum Gasteiger partial charge on any atom is -0.497 e. The van der Waals surface area contributed by atoms with Crippen LogP contribution in [0.1, 0.15) is 16.2 Å². The van der Waals surface area contributed by atoms with E-state index in [0.717, 1.165) is 16.7 Å². The molecule has 6 heteroatoms. The number of nitrogens with zero attached hydrogens (tertiary/aromatic N) is 1. The highest BCUT2D eigenvalue weighted by Gasteiger charge is 2.15. The molecule has 0 unspecified atom stereocenters. The van der Waals surface area contributed by atoms with Crippen LogP contribution in [0, 0.1) is 0 Å². The summed E-state index contributed by atoms with van der Waals surface area (Å²) in [6.07, 6.45) is 0. The van der Waals surface area contributed by atoms with Gasteiger partial charge in [-0.25, -0.2) is 4.79 Å². The molecular weight excluding hydrogens is 334 g/mol. The molecule has 0 atom stereocenters. The molecular formula is C20H15NO5. The predicted octanol–water partition coefficient (Wildman–Crippen LogP) is 4.45. The second kappa shape index (κ2) is 6.76. The molecule has 4 aromatic rings. The fraction of sp³-hybridized carbons (Fsp3) is 0.100. The minimum atomic E-state index is -0.549. The first kappa shape index (κ1) is 16.0. The van der Waals surface area contributed by atoms with Gasteiger partial charge in [-0.2, -0.15) is 0 Å². The quantitative estimate of drug-likeness (QED) is 0.495. The van der Waals surface area contributed by atoms with Gasteiger partial charge in [0.15, 0.2) is 5.76 Å². The van der Waals surface area contributed by atoms with Crippen molar-refractivity contribution in [1.82, 2.24) is 5.16 Å². The Morgan fingerprint density at radius 1 is 1.08 bits per heavy atom. The highest BCUT2D eigenvalue weighted by Crippen LogP contribution is 2.25. The maximum absolute atomic E-state index is 12.2. The lowest BCUT2D eigenvalue weighted by Gasteiger charge is -2.00. The van der Waals surface area contributed by atoms with E-state index in [2.05, 4.69) is 5.16 Å². The molecule has 0 bridgehead atoms. The van der Waals surface area contributed by atoms with Crippen LogP contribution >= 0.6 is 0 Å². The number of benzene rings is 2. The number of ether oxygens (including phenoxy) is 2. The average molecular weight is 349 g/mol. The van der Waals surface area contributed by atoms with Gasteiger partial charge in [0.2, 0.25) is 5.76 Å². The zero-order valence-electron chi connectivity index (χ0n) is 14.0. The summed E-state index contributed by atoms with van der Waals surface area (Å²) in [6, 6.07) is 18.2. The fourth-order valence-electron chi connectivity index (χ4n) is 2.59. The Kier molecular flexibility index (Phi) is 4.15. The van der Waals surface area contributed by atoms with E-state index in [1.165, 1.54) is 0 Å². The molecule has 130 valence electrons. The van der Waals surface area contributed by atoms with Crippen LogP contribution < -0.4 is 4.74 Å². The smallest absolute Gasteiger partial charge is 0.374 e. The molecule has 0 saturated carbocycles. The van der Waals surface area contributed by atoms with E-state index in [1.54, 1.807) is 25.3 Å². The third kappa shape index (κ3) is 3.17. The summed E-state index contributed by atoms with van der Waals surface area (Å²) in [7, 11) is 1.60. The van der Waals surface area contributed by atoms with Gasteiger partial charge < -0.3 is 18.4 Å². The van der Waals surface area contributed by atoms with Crippen molar-refractivity contribution in [3.8, 4) is 17.1 Å². The van der Waals surface area contributed by atoms with Crippen LogP contribution in [0.3, 0.4) is 0 Å². The highest BCUT2D eigenvalue weighted by atomic mass is 16.5. The lowest BCUT2D eigenvalue weighted by molar-refractivity contribution is 0.0430. The maximum Gasteiger partial charge on any atom is 0.374 e. The maximum atomic E-state index is 12.2. The van der Waals surface area contributed by atoms with Crippen LogP contribution in [-0.2, 0) is 11.3 Å². The van der Waals surface area contributed by atoms with Crippen LogP contribution in [0.2, 0.25) is 0 Å². The topological polar surface area (TPSA) is 74.7 Å². The van der Waals surface area contributed by atoms with Crippen LogP contribution in [0.15, 0.2) is 69.6 Å². The SMILES string of the molecule is COc1cccc(-c2cc(COC(=O)c3cc4ccccc4o3)no2)c1.